The molecule has 1 fully saturated rings. The number of hydrogen-bond acceptors (Lipinski definition) is 1. The van der Waals surface area contributed by atoms with Gasteiger partial charge < -0.3 is 0 Å². The summed E-state index contributed by atoms with van der Waals surface area (Å²) < 4.78 is 1.34. The van der Waals surface area contributed by atoms with Gasteiger partial charge in [0.15, 0.2) is 5.78 Å². The smallest absolute Gasteiger partial charge is 0.159 e. The summed E-state index contributed by atoms with van der Waals surface area (Å²) in [5.74, 6) is 0.412. The largest absolute Gasteiger partial charge is 0.295 e. The lowest BCUT2D eigenvalue weighted by molar-refractivity contribution is -0.114. The van der Waals surface area contributed by atoms with Crippen molar-refractivity contribution in [1.82, 2.24) is 0 Å². The Kier molecular flexibility index (Phi) is 7.33. The average molecular weight is 334 g/mol. The molecular weight excluding hydrogens is 311 g/mol. The molecule has 0 bridgehead atoms. The van der Waals surface area contributed by atoms with Gasteiger partial charge in [-0.3, -0.25) is 4.79 Å². The summed E-state index contributed by atoms with van der Waals surface area (Å²) >= 11 is 2.39. The van der Waals surface area contributed by atoms with Crippen LogP contribution in [0, 0.1) is 0 Å². The maximum atomic E-state index is 11.5. The minimum absolute atomic E-state index is 0.412. The van der Waals surface area contributed by atoms with Gasteiger partial charge in [-0.15, -0.1) is 0 Å². The molecule has 0 saturated heterocycles. The zero-order valence-electron chi connectivity index (χ0n) is 10.4. The van der Waals surface area contributed by atoms with Crippen LogP contribution >= 0.6 is 22.6 Å². The van der Waals surface area contributed by atoms with Crippen LogP contribution < -0.4 is 0 Å². The first-order chi connectivity index (χ1) is 7.75. The molecule has 0 unspecified atom stereocenters. The quantitative estimate of drug-likeness (QED) is 0.356. The molecule has 1 saturated carbocycles. The molecular formula is C14H23IO. The minimum atomic E-state index is 0.412. The number of halogens is 1. The predicted octanol–water partition coefficient (Wildman–Crippen LogP) is 5.18. The highest BCUT2D eigenvalue weighted by atomic mass is 127. The number of allylic oxidation sites excluding steroid dienone is 2. The molecule has 1 rings (SSSR count). The number of hydrogen-bond donors (Lipinski definition) is 0. The van der Waals surface area contributed by atoms with Crippen LogP contribution in [-0.2, 0) is 4.79 Å². The molecule has 0 aliphatic heterocycles. The van der Waals surface area contributed by atoms with E-state index in [1.54, 1.807) is 0 Å². The highest BCUT2D eigenvalue weighted by Gasteiger charge is 2.19. The van der Waals surface area contributed by atoms with E-state index in [0.29, 0.717) is 5.78 Å². The van der Waals surface area contributed by atoms with Gasteiger partial charge >= 0.3 is 0 Å². The lowest BCUT2D eigenvalue weighted by Gasteiger charge is -2.03. The number of carbonyl (C=O) groups is 1. The zero-order valence-corrected chi connectivity index (χ0v) is 12.5. The summed E-state index contributed by atoms with van der Waals surface area (Å²) in [6, 6.07) is 0. The SMILES string of the molecule is CCCCCCCCC(I)=C1CCCC1=O. The highest BCUT2D eigenvalue weighted by molar-refractivity contribution is 14.1. The Bertz CT molecular complexity index is 255. The lowest BCUT2D eigenvalue weighted by atomic mass is 10.1. The van der Waals surface area contributed by atoms with E-state index in [4.69, 9.17) is 0 Å². The summed E-state index contributed by atoms with van der Waals surface area (Å²) in [5.41, 5.74) is 1.15. The van der Waals surface area contributed by atoms with E-state index < -0.39 is 0 Å². The van der Waals surface area contributed by atoms with Gasteiger partial charge in [-0.2, -0.15) is 0 Å². The fourth-order valence-electron chi connectivity index (χ4n) is 2.21. The molecule has 1 nitrogen and oxygen atoms in total. The van der Waals surface area contributed by atoms with Crippen LogP contribution in [0.15, 0.2) is 9.15 Å². The molecule has 0 spiro atoms. The lowest BCUT2D eigenvalue weighted by Crippen LogP contribution is -1.94. The second kappa shape index (κ2) is 8.26. The van der Waals surface area contributed by atoms with E-state index in [1.807, 2.05) is 0 Å². The second-order valence-corrected chi connectivity index (χ2v) is 5.98. The predicted molar refractivity (Wildman–Crippen MR) is 77.9 cm³/mol. The zero-order chi connectivity index (χ0) is 11.8. The van der Waals surface area contributed by atoms with Crippen LogP contribution in [0.2, 0.25) is 0 Å². The molecule has 0 aromatic carbocycles. The Hall–Kier alpha value is 0.140. The second-order valence-electron chi connectivity index (χ2n) is 4.68. The number of rotatable bonds is 7. The van der Waals surface area contributed by atoms with Crippen molar-refractivity contribution in [3.63, 3.8) is 0 Å². The number of Topliss-reactive ketones (excluding diaryl/α,β-unsaturated/α-hetero) is 1. The van der Waals surface area contributed by atoms with Crippen molar-refractivity contribution >= 4 is 28.4 Å². The van der Waals surface area contributed by atoms with Gasteiger partial charge in [0.2, 0.25) is 0 Å². The summed E-state index contributed by atoms with van der Waals surface area (Å²) in [4.78, 5) is 11.5. The van der Waals surface area contributed by atoms with Gasteiger partial charge in [0.05, 0.1) is 0 Å². The van der Waals surface area contributed by atoms with E-state index in [-0.39, 0.29) is 0 Å². The first-order valence-corrected chi connectivity index (χ1v) is 7.74. The van der Waals surface area contributed by atoms with Crippen molar-refractivity contribution in [2.45, 2.75) is 71.1 Å². The third-order valence-corrected chi connectivity index (χ3v) is 4.43. The van der Waals surface area contributed by atoms with Gasteiger partial charge in [-0.25, -0.2) is 0 Å². The van der Waals surface area contributed by atoms with E-state index in [1.165, 1.54) is 42.1 Å². The van der Waals surface area contributed by atoms with E-state index >= 15 is 0 Å². The fraction of sp³-hybridized carbons (Fsp3) is 0.786. The molecule has 0 aromatic rings. The van der Waals surface area contributed by atoms with E-state index in [0.717, 1.165) is 31.3 Å². The monoisotopic (exact) mass is 334 g/mol. The Labute approximate surface area is 113 Å². The molecule has 0 radical (unpaired) electrons. The number of ketones is 1. The molecule has 0 heterocycles. The molecule has 92 valence electrons. The van der Waals surface area contributed by atoms with E-state index in [2.05, 4.69) is 29.5 Å². The standard InChI is InChI=1S/C14H23IO/c1-2-3-4-5-6-7-10-13(15)12-9-8-11-14(12)16/h2-11H2,1H3. The first-order valence-electron chi connectivity index (χ1n) is 6.66. The molecule has 0 N–H and O–H groups in total. The van der Waals surface area contributed by atoms with Crippen LogP contribution in [0.25, 0.3) is 0 Å². The topological polar surface area (TPSA) is 17.1 Å². The van der Waals surface area contributed by atoms with Crippen LogP contribution in [0.1, 0.15) is 71.1 Å². The Morgan fingerprint density at radius 1 is 1.12 bits per heavy atom. The molecule has 16 heavy (non-hydrogen) atoms. The third-order valence-electron chi connectivity index (χ3n) is 3.24. The van der Waals surface area contributed by atoms with Crippen molar-refractivity contribution in [3.05, 3.63) is 9.15 Å². The van der Waals surface area contributed by atoms with Gasteiger partial charge in [-0.1, -0.05) is 39.0 Å². The van der Waals surface area contributed by atoms with E-state index in [9.17, 15) is 4.79 Å². The van der Waals surface area contributed by atoms with Crippen LogP contribution in [-0.4, -0.2) is 5.78 Å². The third kappa shape index (κ3) is 4.98. The van der Waals surface area contributed by atoms with Crippen molar-refractivity contribution in [1.29, 1.82) is 0 Å². The average Bonchev–Trinajstić information content (AvgIpc) is 2.69. The van der Waals surface area contributed by atoms with Crippen LogP contribution in [0.4, 0.5) is 0 Å². The molecule has 2 heteroatoms. The molecule has 0 aromatic heterocycles. The van der Waals surface area contributed by atoms with Crippen LogP contribution in [0.3, 0.4) is 0 Å². The van der Waals surface area contributed by atoms with Crippen LogP contribution in [0.5, 0.6) is 0 Å². The van der Waals surface area contributed by atoms with Gasteiger partial charge in [0, 0.05) is 12.0 Å². The summed E-state index contributed by atoms with van der Waals surface area (Å²) in [7, 11) is 0. The van der Waals surface area contributed by atoms with Gasteiger partial charge in [-0.05, 0) is 51.9 Å². The fourth-order valence-corrected chi connectivity index (χ4v) is 3.17. The number of carbonyl (C=O) groups excluding carboxylic acids is 1. The van der Waals surface area contributed by atoms with Crippen molar-refractivity contribution in [2.24, 2.45) is 0 Å². The first kappa shape index (κ1) is 14.2. The van der Waals surface area contributed by atoms with Crippen molar-refractivity contribution < 1.29 is 4.79 Å². The molecule has 0 amide bonds. The van der Waals surface area contributed by atoms with Crippen molar-refractivity contribution in [3.8, 4) is 0 Å². The molecule has 1 aliphatic rings. The molecule has 0 atom stereocenters. The maximum absolute atomic E-state index is 11.5. The summed E-state index contributed by atoms with van der Waals surface area (Å²) in [6.07, 6.45) is 12.1. The molecule has 1 aliphatic carbocycles. The normalized spacial score (nSPS) is 19.2. The Balaban J connectivity index is 2.15. The summed E-state index contributed by atoms with van der Waals surface area (Å²) in [6.45, 7) is 2.25. The van der Waals surface area contributed by atoms with Crippen molar-refractivity contribution in [2.75, 3.05) is 0 Å². The summed E-state index contributed by atoms with van der Waals surface area (Å²) in [5, 5.41) is 0. The maximum Gasteiger partial charge on any atom is 0.159 e. The van der Waals surface area contributed by atoms with Gasteiger partial charge in [0.1, 0.15) is 0 Å². The highest BCUT2D eigenvalue weighted by Crippen LogP contribution is 2.30. The Morgan fingerprint density at radius 2 is 1.81 bits per heavy atom. The Morgan fingerprint density at radius 3 is 2.44 bits per heavy atom. The minimum Gasteiger partial charge on any atom is -0.295 e. The number of unbranched alkanes of at least 4 members (excludes halogenated alkanes) is 5. The van der Waals surface area contributed by atoms with Gasteiger partial charge in [0.25, 0.3) is 0 Å².